The van der Waals surface area contributed by atoms with E-state index >= 15 is 0 Å². The van der Waals surface area contributed by atoms with E-state index in [0.29, 0.717) is 0 Å². The van der Waals surface area contributed by atoms with E-state index in [2.05, 4.69) is 97.9 Å². The standard InChI is InChI=1S/C23H18/c1-17-10-12-18(13-11-17)21-15-14-20-8-5-9-22(23(20)16-21)19-6-3-2-4-7-19/h2-16H,1H3. The van der Waals surface area contributed by atoms with Crippen molar-refractivity contribution in [1.82, 2.24) is 0 Å². The van der Waals surface area contributed by atoms with Crippen LogP contribution in [0.2, 0.25) is 0 Å². The normalized spacial score (nSPS) is 10.8. The molecule has 0 aromatic heterocycles. The van der Waals surface area contributed by atoms with Crippen LogP contribution in [0.25, 0.3) is 33.0 Å². The second-order valence-electron chi connectivity index (χ2n) is 5.97. The van der Waals surface area contributed by atoms with Crippen molar-refractivity contribution in [3.05, 3.63) is 96.6 Å². The summed E-state index contributed by atoms with van der Waals surface area (Å²) in [6, 6.07) is 32.6. The molecule has 0 saturated carbocycles. The van der Waals surface area contributed by atoms with Crippen LogP contribution in [0.5, 0.6) is 0 Å². The summed E-state index contributed by atoms with van der Waals surface area (Å²) in [6.07, 6.45) is 0. The highest BCUT2D eigenvalue weighted by atomic mass is 14.1. The van der Waals surface area contributed by atoms with Crippen molar-refractivity contribution in [2.45, 2.75) is 6.92 Å². The number of rotatable bonds is 2. The molecule has 0 saturated heterocycles. The van der Waals surface area contributed by atoms with Gasteiger partial charge >= 0.3 is 0 Å². The Morgan fingerprint density at radius 3 is 2.04 bits per heavy atom. The van der Waals surface area contributed by atoms with E-state index < -0.39 is 0 Å². The molecule has 0 heterocycles. The van der Waals surface area contributed by atoms with Gasteiger partial charge in [-0.1, -0.05) is 90.5 Å². The molecule has 0 heteroatoms. The fourth-order valence-corrected chi connectivity index (χ4v) is 3.07. The van der Waals surface area contributed by atoms with E-state index in [0.717, 1.165) is 0 Å². The van der Waals surface area contributed by atoms with Crippen molar-refractivity contribution in [3.63, 3.8) is 0 Å². The van der Waals surface area contributed by atoms with E-state index in [1.54, 1.807) is 0 Å². The first-order valence-corrected chi connectivity index (χ1v) is 7.96. The molecule has 0 aliphatic rings. The number of hydrogen-bond donors (Lipinski definition) is 0. The van der Waals surface area contributed by atoms with Gasteiger partial charge in [-0.05, 0) is 46.0 Å². The van der Waals surface area contributed by atoms with Crippen LogP contribution in [0.1, 0.15) is 5.56 Å². The van der Waals surface area contributed by atoms with Crippen molar-refractivity contribution < 1.29 is 0 Å². The zero-order valence-electron chi connectivity index (χ0n) is 13.2. The van der Waals surface area contributed by atoms with Gasteiger partial charge in [0, 0.05) is 0 Å². The Morgan fingerprint density at radius 2 is 1.26 bits per heavy atom. The van der Waals surface area contributed by atoms with Crippen LogP contribution < -0.4 is 0 Å². The maximum atomic E-state index is 2.31. The Kier molecular flexibility index (Phi) is 3.44. The average Bonchev–Trinajstić information content (AvgIpc) is 2.62. The van der Waals surface area contributed by atoms with Crippen molar-refractivity contribution in [2.75, 3.05) is 0 Å². The lowest BCUT2D eigenvalue weighted by atomic mass is 9.95. The molecule has 0 radical (unpaired) electrons. The molecule has 0 atom stereocenters. The molecule has 4 rings (SSSR count). The highest BCUT2D eigenvalue weighted by molar-refractivity contribution is 5.99. The van der Waals surface area contributed by atoms with Gasteiger partial charge in [0.05, 0.1) is 0 Å². The Hall–Kier alpha value is -2.86. The summed E-state index contributed by atoms with van der Waals surface area (Å²) in [5.41, 5.74) is 6.37. The van der Waals surface area contributed by atoms with Gasteiger partial charge in [0.1, 0.15) is 0 Å². The maximum absolute atomic E-state index is 2.31. The van der Waals surface area contributed by atoms with E-state index in [1.165, 1.54) is 38.6 Å². The zero-order chi connectivity index (χ0) is 15.6. The fourth-order valence-electron chi connectivity index (χ4n) is 3.07. The number of fused-ring (bicyclic) bond motifs is 1. The second-order valence-corrected chi connectivity index (χ2v) is 5.97. The lowest BCUT2D eigenvalue weighted by Gasteiger charge is -2.10. The van der Waals surface area contributed by atoms with Crippen molar-refractivity contribution in [3.8, 4) is 22.3 Å². The number of benzene rings is 4. The lowest BCUT2D eigenvalue weighted by molar-refractivity contribution is 1.47. The third-order valence-corrected chi connectivity index (χ3v) is 4.35. The van der Waals surface area contributed by atoms with Gasteiger partial charge in [-0.15, -0.1) is 0 Å². The van der Waals surface area contributed by atoms with Crippen LogP contribution in [0.3, 0.4) is 0 Å². The predicted molar refractivity (Wildman–Crippen MR) is 99.6 cm³/mol. The summed E-state index contributed by atoms with van der Waals surface area (Å²) < 4.78 is 0. The Morgan fingerprint density at radius 1 is 0.522 bits per heavy atom. The Balaban J connectivity index is 1.92. The minimum Gasteiger partial charge on any atom is -0.0622 e. The van der Waals surface area contributed by atoms with Crippen molar-refractivity contribution in [2.24, 2.45) is 0 Å². The molecule has 110 valence electrons. The summed E-state index contributed by atoms with van der Waals surface area (Å²) in [6.45, 7) is 2.12. The van der Waals surface area contributed by atoms with E-state index in [4.69, 9.17) is 0 Å². The van der Waals surface area contributed by atoms with Crippen molar-refractivity contribution in [1.29, 1.82) is 0 Å². The zero-order valence-corrected chi connectivity index (χ0v) is 13.2. The topological polar surface area (TPSA) is 0 Å². The highest BCUT2D eigenvalue weighted by Crippen LogP contribution is 2.32. The summed E-state index contributed by atoms with van der Waals surface area (Å²) in [5.74, 6) is 0. The summed E-state index contributed by atoms with van der Waals surface area (Å²) in [4.78, 5) is 0. The molecule has 0 N–H and O–H groups in total. The molecule has 23 heavy (non-hydrogen) atoms. The van der Waals surface area contributed by atoms with Gasteiger partial charge in [0.2, 0.25) is 0 Å². The Labute approximate surface area is 137 Å². The number of aryl methyl sites for hydroxylation is 1. The Bertz CT molecular complexity index is 948. The summed E-state index contributed by atoms with van der Waals surface area (Å²) >= 11 is 0. The first-order chi connectivity index (χ1) is 11.3. The minimum absolute atomic E-state index is 1.26. The van der Waals surface area contributed by atoms with Gasteiger partial charge < -0.3 is 0 Å². The fraction of sp³-hybridized carbons (Fsp3) is 0.0435. The van der Waals surface area contributed by atoms with Crippen LogP contribution in [0.15, 0.2) is 91.0 Å². The van der Waals surface area contributed by atoms with Crippen LogP contribution >= 0.6 is 0 Å². The first kappa shape index (κ1) is 13.8. The summed E-state index contributed by atoms with van der Waals surface area (Å²) in [5, 5.41) is 2.58. The molecule has 4 aromatic carbocycles. The third kappa shape index (κ3) is 2.64. The molecule has 0 amide bonds. The molecular formula is C23H18. The second kappa shape index (κ2) is 5.73. The van der Waals surface area contributed by atoms with E-state index in [-0.39, 0.29) is 0 Å². The van der Waals surface area contributed by atoms with E-state index in [1.807, 2.05) is 0 Å². The molecular weight excluding hydrogens is 276 g/mol. The monoisotopic (exact) mass is 294 g/mol. The highest BCUT2D eigenvalue weighted by Gasteiger charge is 2.05. The molecule has 0 aliphatic heterocycles. The quantitative estimate of drug-likeness (QED) is 0.397. The summed E-state index contributed by atoms with van der Waals surface area (Å²) in [7, 11) is 0. The molecule has 0 fully saturated rings. The molecule has 0 bridgehead atoms. The molecule has 0 nitrogen and oxygen atoms in total. The molecule has 0 aliphatic carbocycles. The van der Waals surface area contributed by atoms with Gasteiger partial charge in [-0.2, -0.15) is 0 Å². The van der Waals surface area contributed by atoms with Crippen LogP contribution in [-0.4, -0.2) is 0 Å². The molecule has 4 aromatic rings. The lowest BCUT2D eigenvalue weighted by Crippen LogP contribution is -1.84. The SMILES string of the molecule is Cc1ccc(-c2ccc3cccc(-c4ccccc4)c3c2)cc1. The first-order valence-electron chi connectivity index (χ1n) is 7.96. The van der Waals surface area contributed by atoms with Crippen LogP contribution in [0, 0.1) is 6.92 Å². The van der Waals surface area contributed by atoms with Crippen LogP contribution in [0.4, 0.5) is 0 Å². The maximum Gasteiger partial charge on any atom is -0.00992 e. The van der Waals surface area contributed by atoms with Gasteiger partial charge in [-0.3, -0.25) is 0 Å². The predicted octanol–water partition coefficient (Wildman–Crippen LogP) is 6.48. The molecule has 0 spiro atoms. The molecule has 0 unspecified atom stereocenters. The third-order valence-electron chi connectivity index (χ3n) is 4.35. The van der Waals surface area contributed by atoms with Gasteiger partial charge in [0.25, 0.3) is 0 Å². The largest absolute Gasteiger partial charge is 0.0622 e. The number of hydrogen-bond acceptors (Lipinski definition) is 0. The van der Waals surface area contributed by atoms with Crippen molar-refractivity contribution >= 4 is 10.8 Å². The smallest absolute Gasteiger partial charge is 0.00992 e. The van der Waals surface area contributed by atoms with Gasteiger partial charge in [0.15, 0.2) is 0 Å². The van der Waals surface area contributed by atoms with E-state index in [9.17, 15) is 0 Å². The average molecular weight is 294 g/mol. The minimum atomic E-state index is 1.26. The van der Waals surface area contributed by atoms with Gasteiger partial charge in [-0.25, -0.2) is 0 Å². The van der Waals surface area contributed by atoms with Crippen LogP contribution in [-0.2, 0) is 0 Å².